The minimum absolute atomic E-state index is 0.180. The Balaban J connectivity index is 1.88. The fourth-order valence-corrected chi connectivity index (χ4v) is 1.82. The molecular weight excluding hydrogens is 283 g/mol. The van der Waals surface area contributed by atoms with E-state index in [1.807, 2.05) is 37.3 Å². The lowest BCUT2D eigenvalue weighted by molar-refractivity contribution is -0.123. The summed E-state index contributed by atoms with van der Waals surface area (Å²) >= 11 is 0. The van der Waals surface area contributed by atoms with Crippen LogP contribution >= 0.6 is 0 Å². The average Bonchev–Trinajstić information content (AvgIpc) is 2.56. The number of carbonyl (C=O) groups excluding carboxylic acids is 1. The number of hydrazone groups is 1. The molecule has 0 saturated carbocycles. The fourth-order valence-electron chi connectivity index (χ4n) is 1.82. The van der Waals surface area contributed by atoms with Crippen LogP contribution in [0.2, 0.25) is 0 Å². The van der Waals surface area contributed by atoms with Crippen LogP contribution in [0, 0.1) is 5.82 Å². The lowest BCUT2D eigenvalue weighted by Crippen LogP contribution is -2.26. The Morgan fingerprint density at radius 3 is 2.45 bits per heavy atom. The van der Waals surface area contributed by atoms with Gasteiger partial charge in [0.1, 0.15) is 11.6 Å². The molecule has 0 unspecified atom stereocenters. The van der Waals surface area contributed by atoms with Crippen molar-refractivity contribution in [2.75, 3.05) is 6.61 Å². The van der Waals surface area contributed by atoms with Gasteiger partial charge in [0.15, 0.2) is 6.61 Å². The Morgan fingerprint density at radius 1 is 1.14 bits per heavy atom. The first-order valence-corrected chi connectivity index (χ1v) is 6.98. The van der Waals surface area contributed by atoms with Gasteiger partial charge in [-0.2, -0.15) is 5.10 Å². The van der Waals surface area contributed by atoms with Crippen molar-refractivity contribution in [2.24, 2.45) is 5.10 Å². The molecule has 0 spiro atoms. The van der Waals surface area contributed by atoms with Gasteiger partial charge >= 0.3 is 0 Å². The van der Waals surface area contributed by atoms with Gasteiger partial charge in [0.25, 0.3) is 5.91 Å². The van der Waals surface area contributed by atoms with Crippen LogP contribution in [0.1, 0.15) is 18.9 Å². The molecular formula is C17H17FN2O2. The molecule has 5 heteroatoms. The van der Waals surface area contributed by atoms with Gasteiger partial charge in [0, 0.05) is 0 Å². The number of benzene rings is 2. The van der Waals surface area contributed by atoms with Gasteiger partial charge in [-0.25, -0.2) is 9.82 Å². The van der Waals surface area contributed by atoms with Gasteiger partial charge < -0.3 is 4.74 Å². The van der Waals surface area contributed by atoms with Crippen molar-refractivity contribution in [3.8, 4) is 5.75 Å². The van der Waals surface area contributed by atoms with Crippen molar-refractivity contribution < 1.29 is 13.9 Å². The highest BCUT2D eigenvalue weighted by Gasteiger charge is 2.04. The number of hydrogen-bond donors (Lipinski definition) is 1. The molecule has 0 heterocycles. The topological polar surface area (TPSA) is 50.7 Å². The molecule has 2 aromatic rings. The highest BCUT2D eigenvalue weighted by atomic mass is 19.1. The smallest absolute Gasteiger partial charge is 0.277 e. The fraction of sp³-hybridized carbons (Fsp3) is 0.176. The summed E-state index contributed by atoms with van der Waals surface area (Å²) in [6, 6.07) is 15.1. The second kappa shape index (κ2) is 7.93. The second-order valence-electron chi connectivity index (χ2n) is 4.56. The summed E-state index contributed by atoms with van der Waals surface area (Å²) in [5.74, 6) is -0.289. The molecule has 2 aromatic carbocycles. The number of nitrogens with zero attached hydrogens (tertiary/aromatic N) is 1. The first kappa shape index (κ1) is 15.7. The summed E-state index contributed by atoms with van der Waals surface area (Å²) in [7, 11) is 0. The highest BCUT2D eigenvalue weighted by molar-refractivity contribution is 6.00. The van der Waals surface area contributed by atoms with E-state index in [0.717, 1.165) is 11.3 Å². The lowest BCUT2D eigenvalue weighted by Gasteiger charge is -2.07. The van der Waals surface area contributed by atoms with Crippen molar-refractivity contribution in [1.29, 1.82) is 0 Å². The third kappa shape index (κ3) is 4.70. The van der Waals surface area contributed by atoms with Crippen LogP contribution in [0.25, 0.3) is 0 Å². The molecule has 0 atom stereocenters. The van der Waals surface area contributed by atoms with Gasteiger partial charge in [-0.1, -0.05) is 37.3 Å². The Kier molecular flexibility index (Phi) is 5.65. The maximum atomic E-state index is 12.7. The summed E-state index contributed by atoms with van der Waals surface area (Å²) in [4.78, 5) is 11.7. The van der Waals surface area contributed by atoms with E-state index in [4.69, 9.17) is 4.74 Å². The molecule has 2 rings (SSSR count). The van der Waals surface area contributed by atoms with Crippen LogP contribution in [-0.4, -0.2) is 18.2 Å². The van der Waals surface area contributed by atoms with E-state index in [9.17, 15) is 9.18 Å². The SMILES string of the molecule is CC/C(=N\NC(=O)COc1ccc(F)cc1)c1ccccc1. The van der Waals surface area contributed by atoms with Crippen molar-refractivity contribution in [1.82, 2.24) is 5.43 Å². The van der Waals surface area contributed by atoms with E-state index in [0.29, 0.717) is 12.2 Å². The first-order chi connectivity index (χ1) is 10.7. The summed E-state index contributed by atoms with van der Waals surface area (Å²) < 4.78 is 18.0. The molecule has 1 amide bonds. The van der Waals surface area contributed by atoms with E-state index in [1.165, 1.54) is 24.3 Å². The Bertz CT molecular complexity index is 639. The van der Waals surface area contributed by atoms with Crippen LogP contribution < -0.4 is 10.2 Å². The van der Waals surface area contributed by atoms with Crippen molar-refractivity contribution in [3.63, 3.8) is 0 Å². The van der Waals surface area contributed by atoms with Crippen LogP contribution in [0.5, 0.6) is 5.75 Å². The Labute approximate surface area is 128 Å². The minimum atomic E-state index is -0.369. The van der Waals surface area contributed by atoms with E-state index < -0.39 is 0 Å². The Morgan fingerprint density at radius 2 is 1.82 bits per heavy atom. The lowest BCUT2D eigenvalue weighted by atomic mass is 10.1. The molecule has 0 fully saturated rings. The second-order valence-corrected chi connectivity index (χ2v) is 4.56. The molecule has 1 N–H and O–H groups in total. The van der Waals surface area contributed by atoms with Gasteiger partial charge in [-0.3, -0.25) is 4.79 Å². The van der Waals surface area contributed by atoms with Crippen molar-refractivity contribution in [2.45, 2.75) is 13.3 Å². The molecule has 0 bridgehead atoms. The number of ether oxygens (including phenoxy) is 1. The van der Waals surface area contributed by atoms with E-state index >= 15 is 0 Å². The van der Waals surface area contributed by atoms with Crippen LogP contribution in [-0.2, 0) is 4.79 Å². The quantitative estimate of drug-likeness (QED) is 0.658. The van der Waals surface area contributed by atoms with Gasteiger partial charge in [0.2, 0.25) is 0 Å². The van der Waals surface area contributed by atoms with Gasteiger partial charge in [-0.15, -0.1) is 0 Å². The third-order valence-corrected chi connectivity index (χ3v) is 2.94. The Hall–Kier alpha value is -2.69. The van der Waals surface area contributed by atoms with Gasteiger partial charge in [-0.05, 0) is 36.2 Å². The predicted molar refractivity (Wildman–Crippen MR) is 83.3 cm³/mol. The average molecular weight is 300 g/mol. The molecule has 4 nitrogen and oxygen atoms in total. The molecule has 0 aliphatic rings. The third-order valence-electron chi connectivity index (χ3n) is 2.94. The normalized spacial score (nSPS) is 11.1. The predicted octanol–water partition coefficient (Wildman–Crippen LogP) is 3.14. The van der Waals surface area contributed by atoms with Crippen molar-refractivity contribution in [3.05, 3.63) is 66.0 Å². The summed E-state index contributed by atoms with van der Waals surface area (Å²) in [6.45, 7) is 1.79. The minimum Gasteiger partial charge on any atom is -0.484 e. The van der Waals surface area contributed by atoms with Crippen LogP contribution in [0.3, 0.4) is 0 Å². The molecule has 0 aromatic heterocycles. The highest BCUT2D eigenvalue weighted by Crippen LogP contribution is 2.10. The zero-order chi connectivity index (χ0) is 15.8. The van der Waals surface area contributed by atoms with Crippen molar-refractivity contribution >= 4 is 11.6 Å². The van der Waals surface area contributed by atoms with Crippen LogP contribution in [0.15, 0.2) is 59.7 Å². The molecule has 0 radical (unpaired) electrons. The number of amides is 1. The molecule has 0 saturated heterocycles. The van der Waals surface area contributed by atoms with E-state index in [1.54, 1.807) is 0 Å². The largest absolute Gasteiger partial charge is 0.484 e. The van der Waals surface area contributed by atoms with E-state index in [-0.39, 0.29) is 18.3 Å². The van der Waals surface area contributed by atoms with Gasteiger partial charge in [0.05, 0.1) is 5.71 Å². The molecule has 0 aliphatic heterocycles. The number of rotatable bonds is 6. The number of carbonyl (C=O) groups is 1. The standard InChI is InChI=1S/C17H17FN2O2/c1-2-16(13-6-4-3-5-7-13)19-20-17(21)12-22-15-10-8-14(18)9-11-15/h3-11H,2,12H2,1H3,(H,20,21)/b19-16+. The van der Waals surface area contributed by atoms with Crippen LogP contribution in [0.4, 0.5) is 4.39 Å². The molecule has 114 valence electrons. The summed E-state index contributed by atoms with van der Waals surface area (Å²) in [6.07, 6.45) is 0.698. The molecule has 22 heavy (non-hydrogen) atoms. The monoisotopic (exact) mass is 300 g/mol. The number of nitrogens with one attached hydrogen (secondary N) is 1. The maximum absolute atomic E-state index is 12.7. The van der Waals surface area contributed by atoms with E-state index in [2.05, 4.69) is 10.5 Å². The molecule has 0 aliphatic carbocycles. The number of hydrogen-bond acceptors (Lipinski definition) is 3. The zero-order valence-corrected chi connectivity index (χ0v) is 12.3. The summed E-state index contributed by atoms with van der Waals surface area (Å²) in [5.41, 5.74) is 4.21. The maximum Gasteiger partial charge on any atom is 0.277 e. The zero-order valence-electron chi connectivity index (χ0n) is 12.3. The number of halogens is 1. The summed E-state index contributed by atoms with van der Waals surface area (Å²) in [5, 5.41) is 4.12. The first-order valence-electron chi connectivity index (χ1n) is 6.98.